The predicted octanol–water partition coefficient (Wildman–Crippen LogP) is 1.07. The lowest BCUT2D eigenvalue weighted by Gasteiger charge is -2.25. The number of carboxylic acid groups (broad SMARTS) is 1. The minimum Gasteiger partial charge on any atom is -0.479 e. The monoisotopic (exact) mass is 262 g/mol. The van der Waals surface area contributed by atoms with Crippen molar-refractivity contribution in [3.8, 4) is 0 Å². The molecule has 0 aromatic heterocycles. The van der Waals surface area contributed by atoms with Crippen LogP contribution in [0.3, 0.4) is 0 Å². The van der Waals surface area contributed by atoms with Crippen LogP contribution in [0.4, 0.5) is 0 Å². The van der Waals surface area contributed by atoms with E-state index in [0.717, 1.165) is 19.4 Å². The Morgan fingerprint density at radius 3 is 2.58 bits per heavy atom. The first-order valence-electron chi connectivity index (χ1n) is 6.37. The molecule has 0 spiro atoms. The van der Waals surface area contributed by atoms with Crippen LogP contribution in [0.15, 0.2) is 30.3 Å². The third-order valence-electron chi connectivity index (χ3n) is 3.53. The van der Waals surface area contributed by atoms with Crippen LogP contribution in [-0.2, 0) is 9.59 Å². The Morgan fingerprint density at radius 2 is 2.05 bits per heavy atom. The number of carbonyl (C=O) groups is 2. The van der Waals surface area contributed by atoms with E-state index >= 15 is 0 Å². The van der Waals surface area contributed by atoms with Crippen LogP contribution in [0.1, 0.15) is 31.4 Å². The molecule has 5 nitrogen and oxygen atoms in total. The van der Waals surface area contributed by atoms with Crippen LogP contribution in [0.2, 0.25) is 0 Å². The maximum atomic E-state index is 12.2. The Balaban J connectivity index is 2.14. The molecule has 2 atom stereocenters. The largest absolute Gasteiger partial charge is 0.479 e. The van der Waals surface area contributed by atoms with Gasteiger partial charge in [-0.2, -0.15) is 0 Å². The summed E-state index contributed by atoms with van der Waals surface area (Å²) in [5.74, 6) is -1.32. The quantitative estimate of drug-likeness (QED) is 0.758. The molecule has 1 aliphatic heterocycles. The summed E-state index contributed by atoms with van der Waals surface area (Å²) in [6, 6.07) is 7.71. The van der Waals surface area contributed by atoms with E-state index in [1.54, 1.807) is 31.2 Å². The van der Waals surface area contributed by atoms with Gasteiger partial charge in [0.25, 0.3) is 0 Å². The number of hydrogen-bond donors (Lipinski definition) is 3. The summed E-state index contributed by atoms with van der Waals surface area (Å²) in [5.41, 5.74) is -0.0902. The minimum absolute atomic E-state index is 0.263. The minimum atomic E-state index is -1.05. The summed E-state index contributed by atoms with van der Waals surface area (Å²) in [7, 11) is 0. The van der Waals surface area contributed by atoms with Gasteiger partial charge < -0.3 is 15.7 Å². The SMILES string of the molecule is CC1(C(=O)NC(C(=O)O)c2ccccc2)CCCN1. The number of amides is 1. The molecule has 0 radical (unpaired) electrons. The summed E-state index contributed by atoms with van der Waals surface area (Å²) in [5, 5.41) is 15.0. The molecule has 2 rings (SSSR count). The zero-order valence-corrected chi connectivity index (χ0v) is 10.8. The molecule has 1 aromatic carbocycles. The molecular weight excluding hydrogens is 244 g/mol. The average molecular weight is 262 g/mol. The third kappa shape index (κ3) is 2.93. The van der Waals surface area contributed by atoms with Crippen molar-refractivity contribution in [1.82, 2.24) is 10.6 Å². The van der Waals surface area contributed by atoms with Crippen LogP contribution < -0.4 is 10.6 Å². The van der Waals surface area contributed by atoms with E-state index in [9.17, 15) is 14.7 Å². The van der Waals surface area contributed by atoms with E-state index in [-0.39, 0.29) is 5.91 Å². The zero-order chi connectivity index (χ0) is 13.9. The molecule has 1 aromatic rings. The van der Waals surface area contributed by atoms with Gasteiger partial charge in [0.05, 0.1) is 5.54 Å². The van der Waals surface area contributed by atoms with E-state index < -0.39 is 17.6 Å². The lowest BCUT2D eigenvalue weighted by atomic mass is 9.98. The summed E-state index contributed by atoms with van der Waals surface area (Å²) >= 11 is 0. The molecule has 19 heavy (non-hydrogen) atoms. The van der Waals surface area contributed by atoms with Gasteiger partial charge in [-0.25, -0.2) is 4.79 Å². The Bertz CT molecular complexity index is 467. The van der Waals surface area contributed by atoms with Crippen LogP contribution >= 0.6 is 0 Å². The highest BCUT2D eigenvalue weighted by Crippen LogP contribution is 2.21. The van der Waals surface area contributed by atoms with Gasteiger partial charge >= 0.3 is 5.97 Å². The second kappa shape index (κ2) is 5.40. The predicted molar refractivity (Wildman–Crippen MR) is 70.6 cm³/mol. The molecular formula is C14H18N2O3. The molecule has 0 aliphatic carbocycles. The number of aliphatic carboxylic acids is 1. The van der Waals surface area contributed by atoms with Gasteiger partial charge in [0, 0.05) is 0 Å². The van der Waals surface area contributed by atoms with Gasteiger partial charge in [-0.15, -0.1) is 0 Å². The van der Waals surface area contributed by atoms with Gasteiger partial charge in [0.15, 0.2) is 6.04 Å². The maximum absolute atomic E-state index is 12.2. The fourth-order valence-electron chi connectivity index (χ4n) is 2.31. The number of benzene rings is 1. The number of hydrogen-bond acceptors (Lipinski definition) is 3. The standard InChI is InChI=1S/C14H18N2O3/c1-14(8-5-9-15-14)13(19)16-11(12(17)18)10-6-3-2-4-7-10/h2-4,6-7,11,15H,5,8-9H2,1H3,(H,16,19)(H,17,18). The lowest BCUT2D eigenvalue weighted by molar-refractivity contribution is -0.143. The molecule has 3 N–H and O–H groups in total. The highest BCUT2D eigenvalue weighted by Gasteiger charge is 2.38. The summed E-state index contributed by atoms with van der Waals surface area (Å²) < 4.78 is 0. The molecule has 1 amide bonds. The Labute approximate surface area is 112 Å². The van der Waals surface area contributed by atoms with Crippen LogP contribution in [0.5, 0.6) is 0 Å². The fraction of sp³-hybridized carbons (Fsp3) is 0.429. The topological polar surface area (TPSA) is 78.4 Å². The van der Waals surface area contributed by atoms with Crippen molar-refractivity contribution in [3.63, 3.8) is 0 Å². The first-order valence-corrected chi connectivity index (χ1v) is 6.37. The molecule has 1 heterocycles. The highest BCUT2D eigenvalue weighted by molar-refractivity contribution is 5.90. The van der Waals surface area contributed by atoms with Crippen molar-refractivity contribution in [3.05, 3.63) is 35.9 Å². The maximum Gasteiger partial charge on any atom is 0.330 e. The molecule has 1 fully saturated rings. The van der Waals surface area contributed by atoms with Gasteiger partial charge in [0.1, 0.15) is 0 Å². The van der Waals surface area contributed by atoms with Crippen LogP contribution in [-0.4, -0.2) is 29.1 Å². The summed E-state index contributed by atoms with van der Waals surface area (Å²) in [6.45, 7) is 2.59. The van der Waals surface area contributed by atoms with Crippen molar-refractivity contribution < 1.29 is 14.7 Å². The molecule has 1 saturated heterocycles. The second-order valence-corrected chi connectivity index (χ2v) is 5.02. The summed E-state index contributed by atoms with van der Waals surface area (Å²) in [6.07, 6.45) is 1.65. The Kier molecular flexibility index (Phi) is 3.85. The smallest absolute Gasteiger partial charge is 0.330 e. The van der Waals surface area contributed by atoms with Crippen molar-refractivity contribution in [2.24, 2.45) is 0 Å². The number of carbonyl (C=O) groups excluding carboxylic acids is 1. The van der Waals surface area contributed by atoms with E-state index in [0.29, 0.717) is 5.56 Å². The number of carboxylic acids is 1. The first-order chi connectivity index (χ1) is 9.03. The normalized spacial score (nSPS) is 23.8. The number of nitrogens with one attached hydrogen (secondary N) is 2. The number of rotatable bonds is 4. The molecule has 5 heteroatoms. The van der Waals surface area contributed by atoms with Crippen molar-refractivity contribution in [2.45, 2.75) is 31.3 Å². The molecule has 102 valence electrons. The first kappa shape index (κ1) is 13.5. The van der Waals surface area contributed by atoms with Crippen molar-refractivity contribution in [2.75, 3.05) is 6.54 Å². The van der Waals surface area contributed by atoms with Crippen molar-refractivity contribution >= 4 is 11.9 Å². The molecule has 0 bridgehead atoms. The van der Waals surface area contributed by atoms with Gasteiger partial charge in [-0.3, -0.25) is 4.79 Å². The highest BCUT2D eigenvalue weighted by atomic mass is 16.4. The van der Waals surface area contributed by atoms with Crippen molar-refractivity contribution in [1.29, 1.82) is 0 Å². The molecule has 1 aliphatic rings. The van der Waals surface area contributed by atoms with Gasteiger partial charge in [0.2, 0.25) is 5.91 Å². The molecule has 2 unspecified atom stereocenters. The van der Waals surface area contributed by atoms with Crippen LogP contribution in [0.25, 0.3) is 0 Å². The van der Waals surface area contributed by atoms with Gasteiger partial charge in [-0.05, 0) is 31.9 Å². The van der Waals surface area contributed by atoms with E-state index in [4.69, 9.17) is 0 Å². The fourth-order valence-corrected chi connectivity index (χ4v) is 2.31. The van der Waals surface area contributed by atoms with Crippen LogP contribution in [0, 0.1) is 0 Å². The average Bonchev–Trinajstić information content (AvgIpc) is 2.84. The molecule has 0 saturated carbocycles. The lowest BCUT2D eigenvalue weighted by Crippen LogP contribution is -2.52. The Morgan fingerprint density at radius 1 is 1.37 bits per heavy atom. The Hall–Kier alpha value is -1.88. The second-order valence-electron chi connectivity index (χ2n) is 5.02. The summed E-state index contributed by atoms with van der Waals surface area (Å²) in [4.78, 5) is 23.5. The third-order valence-corrected chi connectivity index (χ3v) is 3.53. The zero-order valence-electron chi connectivity index (χ0n) is 10.8. The van der Waals surface area contributed by atoms with E-state index in [2.05, 4.69) is 10.6 Å². The van der Waals surface area contributed by atoms with E-state index in [1.165, 1.54) is 0 Å². The van der Waals surface area contributed by atoms with E-state index in [1.807, 2.05) is 6.07 Å². The van der Waals surface area contributed by atoms with Gasteiger partial charge in [-0.1, -0.05) is 30.3 Å².